The van der Waals surface area contributed by atoms with Crippen molar-refractivity contribution in [3.05, 3.63) is 54.6 Å². The summed E-state index contributed by atoms with van der Waals surface area (Å²) in [7, 11) is 0. The van der Waals surface area contributed by atoms with E-state index in [1.54, 1.807) is 12.1 Å². The molecule has 0 N–H and O–H groups in total. The second-order valence-electron chi connectivity index (χ2n) is 4.19. The van der Waals surface area contributed by atoms with Crippen molar-refractivity contribution in [3.8, 4) is 11.1 Å². The van der Waals surface area contributed by atoms with E-state index in [1.165, 1.54) is 25.0 Å². The van der Waals surface area contributed by atoms with Crippen molar-refractivity contribution in [2.24, 2.45) is 0 Å². The molecule has 2 heteroatoms. The molecule has 17 heavy (non-hydrogen) atoms. The number of aromatic nitrogens is 1. The lowest BCUT2D eigenvalue weighted by molar-refractivity contribution is -0.697. The number of nitrogens with zero attached hydrogens (tertiary/aromatic N) is 1. The van der Waals surface area contributed by atoms with Gasteiger partial charge in [0.2, 0.25) is 0 Å². The third-order valence-corrected chi connectivity index (χ3v) is 2.84. The minimum Gasteiger partial charge on any atom is -0.207 e. The number of halogens is 1. The molecule has 0 fully saturated rings. The summed E-state index contributed by atoms with van der Waals surface area (Å²) >= 11 is 0. The first-order chi connectivity index (χ1) is 8.29. The Morgan fingerprint density at radius 3 is 2.12 bits per heavy atom. The van der Waals surface area contributed by atoms with E-state index in [4.69, 9.17) is 0 Å². The highest BCUT2D eigenvalue weighted by atomic mass is 19.1. The molecule has 0 radical (unpaired) electrons. The Kier molecular flexibility index (Phi) is 3.86. The molecule has 0 spiro atoms. The molecular formula is C15H17FN+. The van der Waals surface area contributed by atoms with Gasteiger partial charge in [-0.05, 0) is 23.3 Å². The van der Waals surface area contributed by atoms with Gasteiger partial charge in [-0.3, -0.25) is 0 Å². The van der Waals surface area contributed by atoms with Gasteiger partial charge in [-0.25, -0.2) is 8.96 Å². The van der Waals surface area contributed by atoms with Crippen LogP contribution in [0.5, 0.6) is 0 Å². The Balaban J connectivity index is 2.14. The van der Waals surface area contributed by atoms with Crippen LogP contribution in [-0.2, 0) is 6.54 Å². The van der Waals surface area contributed by atoms with Gasteiger partial charge < -0.3 is 0 Å². The standard InChI is InChI=1S/C15H17FN/c1-2-3-10-17-11-8-14(9-12-17)13-4-6-15(16)7-5-13/h4-9,11-12H,2-3,10H2,1H3/q+1. The first-order valence-electron chi connectivity index (χ1n) is 6.04. The number of rotatable bonds is 4. The smallest absolute Gasteiger partial charge is 0.169 e. The van der Waals surface area contributed by atoms with E-state index in [0.29, 0.717) is 0 Å². The van der Waals surface area contributed by atoms with Crippen LogP contribution in [0.3, 0.4) is 0 Å². The Hall–Kier alpha value is -1.70. The van der Waals surface area contributed by atoms with Gasteiger partial charge in [-0.15, -0.1) is 0 Å². The van der Waals surface area contributed by atoms with Crippen molar-refractivity contribution in [1.82, 2.24) is 0 Å². The third-order valence-electron chi connectivity index (χ3n) is 2.84. The predicted molar refractivity (Wildman–Crippen MR) is 66.9 cm³/mol. The van der Waals surface area contributed by atoms with Crippen LogP contribution in [0, 0.1) is 5.82 Å². The fourth-order valence-corrected chi connectivity index (χ4v) is 1.78. The maximum absolute atomic E-state index is 12.8. The van der Waals surface area contributed by atoms with Crippen LogP contribution in [0.4, 0.5) is 4.39 Å². The van der Waals surface area contributed by atoms with Crippen LogP contribution < -0.4 is 4.57 Å². The summed E-state index contributed by atoms with van der Waals surface area (Å²) in [4.78, 5) is 0. The second kappa shape index (κ2) is 5.58. The summed E-state index contributed by atoms with van der Waals surface area (Å²) in [6.07, 6.45) is 6.55. The van der Waals surface area contributed by atoms with Crippen LogP contribution >= 0.6 is 0 Å². The van der Waals surface area contributed by atoms with Crippen molar-refractivity contribution >= 4 is 0 Å². The molecule has 0 saturated heterocycles. The lowest BCUT2D eigenvalue weighted by Crippen LogP contribution is -2.32. The summed E-state index contributed by atoms with van der Waals surface area (Å²) < 4.78 is 15.0. The molecule has 0 unspecified atom stereocenters. The number of benzene rings is 1. The zero-order valence-electron chi connectivity index (χ0n) is 10.1. The molecule has 1 nitrogen and oxygen atoms in total. The van der Waals surface area contributed by atoms with Crippen molar-refractivity contribution in [2.75, 3.05) is 0 Å². The highest BCUT2D eigenvalue weighted by Gasteiger charge is 2.02. The zero-order valence-corrected chi connectivity index (χ0v) is 10.1. The minimum absolute atomic E-state index is 0.192. The Morgan fingerprint density at radius 2 is 1.53 bits per heavy atom. The molecule has 0 aliphatic heterocycles. The summed E-state index contributed by atoms with van der Waals surface area (Å²) in [6, 6.07) is 10.7. The first-order valence-corrected chi connectivity index (χ1v) is 6.04. The van der Waals surface area contributed by atoms with Crippen molar-refractivity contribution in [2.45, 2.75) is 26.3 Å². The van der Waals surface area contributed by atoms with Gasteiger partial charge in [-0.2, -0.15) is 0 Å². The summed E-state index contributed by atoms with van der Waals surface area (Å²) in [6.45, 7) is 3.24. The minimum atomic E-state index is -0.192. The molecule has 0 saturated carbocycles. The topological polar surface area (TPSA) is 3.88 Å². The van der Waals surface area contributed by atoms with Gasteiger partial charge >= 0.3 is 0 Å². The van der Waals surface area contributed by atoms with Crippen molar-refractivity contribution in [1.29, 1.82) is 0 Å². The zero-order chi connectivity index (χ0) is 12.1. The monoisotopic (exact) mass is 230 g/mol. The molecule has 0 aliphatic carbocycles. The van der Waals surface area contributed by atoms with Crippen LogP contribution in [0.25, 0.3) is 11.1 Å². The normalized spacial score (nSPS) is 10.5. The van der Waals surface area contributed by atoms with Gasteiger partial charge in [0.1, 0.15) is 12.4 Å². The van der Waals surface area contributed by atoms with Crippen LogP contribution in [0.2, 0.25) is 0 Å². The van der Waals surface area contributed by atoms with Crippen LogP contribution in [-0.4, -0.2) is 0 Å². The van der Waals surface area contributed by atoms with Gasteiger partial charge in [0.25, 0.3) is 0 Å². The molecule has 0 aliphatic rings. The molecule has 1 heterocycles. The lowest BCUT2D eigenvalue weighted by atomic mass is 10.1. The van der Waals surface area contributed by atoms with Gasteiger partial charge in [0.05, 0.1) is 0 Å². The Labute approximate surface area is 102 Å². The molecule has 0 bridgehead atoms. The fourth-order valence-electron chi connectivity index (χ4n) is 1.78. The average molecular weight is 230 g/mol. The van der Waals surface area contributed by atoms with Crippen molar-refractivity contribution in [3.63, 3.8) is 0 Å². The number of hydrogen-bond acceptors (Lipinski definition) is 0. The first kappa shape index (κ1) is 11.8. The van der Waals surface area contributed by atoms with E-state index in [9.17, 15) is 4.39 Å². The van der Waals surface area contributed by atoms with Gasteiger partial charge in [0, 0.05) is 18.6 Å². The number of hydrogen-bond donors (Lipinski definition) is 0. The Morgan fingerprint density at radius 1 is 0.941 bits per heavy atom. The molecule has 88 valence electrons. The SMILES string of the molecule is CCCC[n+]1ccc(-c2ccc(F)cc2)cc1. The van der Waals surface area contributed by atoms with E-state index in [-0.39, 0.29) is 5.82 Å². The van der Waals surface area contributed by atoms with E-state index in [0.717, 1.165) is 17.7 Å². The van der Waals surface area contributed by atoms with Gasteiger partial charge in [-0.1, -0.05) is 25.5 Å². The van der Waals surface area contributed by atoms with Crippen molar-refractivity contribution < 1.29 is 8.96 Å². The van der Waals surface area contributed by atoms with E-state index >= 15 is 0 Å². The summed E-state index contributed by atoms with van der Waals surface area (Å²) in [5, 5.41) is 0. The van der Waals surface area contributed by atoms with Crippen LogP contribution in [0.1, 0.15) is 19.8 Å². The number of pyridine rings is 1. The molecule has 1 aromatic heterocycles. The second-order valence-corrected chi connectivity index (χ2v) is 4.19. The summed E-state index contributed by atoms with van der Waals surface area (Å²) in [5.74, 6) is -0.192. The van der Waals surface area contributed by atoms with Crippen LogP contribution in [0.15, 0.2) is 48.8 Å². The molecular weight excluding hydrogens is 213 g/mol. The third kappa shape index (κ3) is 3.13. The largest absolute Gasteiger partial charge is 0.207 e. The van der Waals surface area contributed by atoms with E-state index < -0.39 is 0 Å². The summed E-state index contributed by atoms with van der Waals surface area (Å²) in [5.41, 5.74) is 2.17. The molecule has 0 atom stereocenters. The highest BCUT2D eigenvalue weighted by molar-refractivity contribution is 5.61. The van der Waals surface area contributed by atoms with E-state index in [1.807, 2.05) is 0 Å². The Bertz CT molecular complexity index is 459. The highest BCUT2D eigenvalue weighted by Crippen LogP contribution is 2.17. The molecule has 2 rings (SSSR count). The molecule has 2 aromatic rings. The average Bonchev–Trinajstić information content (AvgIpc) is 2.38. The lowest BCUT2D eigenvalue weighted by Gasteiger charge is -2.01. The predicted octanol–water partition coefficient (Wildman–Crippen LogP) is 3.58. The quantitative estimate of drug-likeness (QED) is 0.707. The maximum atomic E-state index is 12.8. The fraction of sp³-hybridized carbons (Fsp3) is 0.267. The number of aryl methyl sites for hydroxylation is 1. The van der Waals surface area contributed by atoms with E-state index in [2.05, 4.69) is 36.0 Å². The number of unbranched alkanes of at least 4 members (excludes halogenated alkanes) is 1. The maximum Gasteiger partial charge on any atom is 0.169 e. The molecule has 1 aromatic carbocycles. The van der Waals surface area contributed by atoms with Gasteiger partial charge in [0.15, 0.2) is 12.4 Å². The molecule has 0 amide bonds.